The lowest BCUT2D eigenvalue weighted by Gasteiger charge is -2.10. The van der Waals surface area contributed by atoms with Crippen molar-refractivity contribution in [3.05, 3.63) is 55.6 Å². The van der Waals surface area contributed by atoms with Crippen molar-refractivity contribution < 1.29 is 4.79 Å². The molecule has 0 aliphatic heterocycles. The number of hydrogen-bond donors (Lipinski definition) is 2. The van der Waals surface area contributed by atoms with Gasteiger partial charge in [-0.1, -0.05) is 29.3 Å². The van der Waals surface area contributed by atoms with E-state index < -0.39 is 0 Å². The maximum atomic E-state index is 12.1. The lowest BCUT2D eigenvalue weighted by atomic mass is 10.1. The fourth-order valence-corrected chi connectivity index (χ4v) is 2.59. The first kappa shape index (κ1) is 14.4. The second-order valence-electron chi connectivity index (χ2n) is 3.78. The Balaban J connectivity index is 2.28. The summed E-state index contributed by atoms with van der Waals surface area (Å²) in [4.78, 5) is 12.1. The molecule has 0 atom stereocenters. The second kappa shape index (κ2) is 5.98. The molecular weight excluding hydrogens is 398 g/mol. The van der Waals surface area contributed by atoms with E-state index >= 15 is 0 Å². The average molecular weight is 407 g/mol. The number of nitrogens with one attached hydrogen (secondary N) is 1. The maximum Gasteiger partial charge on any atom is 0.257 e. The van der Waals surface area contributed by atoms with Crippen molar-refractivity contribution in [3.8, 4) is 0 Å². The molecule has 2 aromatic rings. The first-order valence-corrected chi connectivity index (χ1v) is 7.13. The number of hydrogen-bond acceptors (Lipinski definition) is 2. The maximum absolute atomic E-state index is 12.1. The summed E-state index contributed by atoms with van der Waals surface area (Å²) in [5.41, 5.74) is 6.88. The van der Waals surface area contributed by atoms with Gasteiger partial charge in [-0.3, -0.25) is 4.79 Å². The van der Waals surface area contributed by atoms with E-state index in [9.17, 15) is 4.79 Å². The van der Waals surface area contributed by atoms with E-state index in [1.807, 2.05) is 6.07 Å². The quantitative estimate of drug-likeness (QED) is 0.572. The minimum absolute atomic E-state index is 0.253. The average Bonchev–Trinajstić information content (AvgIpc) is 2.36. The molecule has 0 bridgehead atoms. The van der Waals surface area contributed by atoms with Crippen LogP contribution in [0.25, 0.3) is 0 Å². The summed E-state index contributed by atoms with van der Waals surface area (Å²) in [7, 11) is 0. The molecule has 0 aliphatic rings. The smallest absolute Gasteiger partial charge is 0.257 e. The SMILES string of the molecule is Nc1c(Cl)cccc1C(=O)Nc1ccc(I)cc1Cl. The Labute approximate surface area is 134 Å². The van der Waals surface area contributed by atoms with E-state index in [0.717, 1.165) is 3.57 Å². The van der Waals surface area contributed by atoms with Gasteiger partial charge in [0.1, 0.15) is 0 Å². The molecule has 19 heavy (non-hydrogen) atoms. The highest BCUT2D eigenvalue weighted by atomic mass is 127. The van der Waals surface area contributed by atoms with Crippen LogP contribution in [0.4, 0.5) is 11.4 Å². The molecule has 3 N–H and O–H groups in total. The number of anilines is 2. The molecule has 0 saturated carbocycles. The van der Waals surface area contributed by atoms with Crippen LogP contribution >= 0.6 is 45.8 Å². The Hall–Kier alpha value is -0.980. The molecule has 0 aliphatic carbocycles. The van der Waals surface area contributed by atoms with Crippen LogP contribution in [-0.4, -0.2) is 5.91 Å². The highest BCUT2D eigenvalue weighted by Gasteiger charge is 2.13. The van der Waals surface area contributed by atoms with Crippen molar-refractivity contribution in [1.82, 2.24) is 0 Å². The Morgan fingerprint density at radius 3 is 2.58 bits per heavy atom. The first-order chi connectivity index (χ1) is 8.99. The van der Waals surface area contributed by atoms with E-state index in [0.29, 0.717) is 21.3 Å². The lowest BCUT2D eigenvalue weighted by Crippen LogP contribution is -2.14. The molecule has 0 aromatic heterocycles. The monoisotopic (exact) mass is 406 g/mol. The standard InChI is InChI=1S/C13H9Cl2IN2O/c14-9-3-1-2-8(12(9)17)13(19)18-11-5-4-7(16)6-10(11)15/h1-6H,17H2,(H,18,19). The van der Waals surface area contributed by atoms with Crippen molar-refractivity contribution in [2.45, 2.75) is 0 Å². The van der Waals surface area contributed by atoms with Gasteiger partial charge in [-0.2, -0.15) is 0 Å². The van der Waals surface area contributed by atoms with Gasteiger partial charge in [0.25, 0.3) is 5.91 Å². The molecule has 0 spiro atoms. The number of halogens is 3. The number of carbonyl (C=O) groups excluding carboxylic acids is 1. The van der Waals surface area contributed by atoms with Gasteiger partial charge in [-0.25, -0.2) is 0 Å². The molecule has 6 heteroatoms. The largest absolute Gasteiger partial charge is 0.397 e. The summed E-state index contributed by atoms with van der Waals surface area (Å²) in [5.74, 6) is -0.344. The molecular formula is C13H9Cl2IN2O. The van der Waals surface area contributed by atoms with Crippen LogP contribution in [0.15, 0.2) is 36.4 Å². The molecule has 2 rings (SSSR count). The summed E-state index contributed by atoms with van der Waals surface area (Å²) >= 11 is 14.1. The van der Waals surface area contributed by atoms with Crippen molar-refractivity contribution in [3.63, 3.8) is 0 Å². The summed E-state index contributed by atoms with van der Waals surface area (Å²) in [5, 5.41) is 3.53. The van der Waals surface area contributed by atoms with Crippen molar-refractivity contribution >= 4 is 63.1 Å². The molecule has 1 amide bonds. The van der Waals surface area contributed by atoms with Gasteiger partial charge >= 0.3 is 0 Å². The van der Waals surface area contributed by atoms with Crippen LogP contribution < -0.4 is 11.1 Å². The van der Waals surface area contributed by atoms with Gasteiger partial charge in [0.05, 0.1) is 27.0 Å². The third-order valence-corrected chi connectivity index (χ3v) is 3.79. The van der Waals surface area contributed by atoms with Gasteiger partial charge in [0, 0.05) is 3.57 Å². The number of para-hydroxylation sites is 1. The molecule has 0 radical (unpaired) electrons. The minimum Gasteiger partial charge on any atom is -0.397 e. The fourth-order valence-electron chi connectivity index (χ4n) is 1.52. The van der Waals surface area contributed by atoms with Gasteiger partial charge in [-0.15, -0.1) is 0 Å². The Morgan fingerprint density at radius 2 is 1.89 bits per heavy atom. The molecule has 0 saturated heterocycles. The zero-order valence-corrected chi connectivity index (χ0v) is 13.3. The van der Waals surface area contributed by atoms with Crippen LogP contribution in [0.3, 0.4) is 0 Å². The van der Waals surface area contributed by atoms with E-state index in [1.54, 1.807) is 30.3 Å². The predicted molar refractivity (Wildman–Crippen MR) is 88.0 cm³/mol. The summed E-state index contributed by atoms with van der Waals surface area (Å²) in [6.07, 6.45) is 0. The zero-order chi connectivity index (χ0) is 14.0. The number of amides is 1. The normalized spacial score (nSPS) is 10.3. The van der Waals surface area contributed by atoms with Crippen molar-refractivity contribution in [2.75, 3.05) is 11.1 Å². The molecule has 0 heterocycles. The lowest BCUT2D eigenvalue weighted by molar-refractivity contribution is 0.102. The molecule has 0 unspecified atom stereocenters. The van der Waals surface area contributed by atoms with E-state index in [4.69, 9.17) is 28.9 Å². The first-order valence-electron chi connectivity index (χ1n) is 5.29. The number of nitrogen functional groups attached to an aromatic ring is 1. The van der Waals surface area contributed by atoms with Crippen LogP contribution in [0, 0.1) is 3.57 Å². The Morgan fingerprint density at radius 1 is 1.16 bits per heavy atom. The second-order valence-corrected chi connectivity index (χ2v) is 5.84. The third kappa shape index (κ3) is 3.32. The molecule has 3 nitrogen and oxygen atoms in total. The number of nitrogens with two attached hydrogens (primary N) is 1. The Kier molecular flexibility index (Phi) is 4.54. The minimum atomic E-state index is -0.344. The number of benzene rings is 2. The Bertz CT molecular complexity index is 647. The number of rotatable bonds is 2. The fraction of sp³-hybridized carbons (Fsp3) is 0. The topological polar surface area (TPSA) is 55.1 Å². The van der Waals surface area contributed by atoms with Gasteiger partial charge in [0.2, 0.25) is 0 Å². The molecule has 2 aromatic carbocycles. The van der Waals surface area contributed by atoms with E-state index in [2.05, 4.69) is 27.9 Å². The predicted octanol–water partition coefficient (Wildman–Crippen LogP) is 4.43. The highest BCUT2D eigenvalue weighted by Crippen LogP contribution is 2.27. The van der Waals surface area contributed by atoms with E-state index in [1.165, 1.54) is 0 Å². The van der Waals surface area contributed by atoms with Crippen molar-refractivity contribution in [1.29, 1.82) is 0 Å². The van der Waals surface area contributed by atoms with Gasteiger partial charge in [0.15, 0.2) is 0 Å². The highest BCUT2D eigenvalue weighted by molar-refractivity contribution is 14.1. The van der Waals surface area contributed by atoms with Gasteiger partial charge < -0.3 is 11.1 Å². The summed E-state index contributed by atoms with van der Waals surface area (Å²) < 4.78 is 0.989. The van der Waals surface area contributed by atoms with Crippen LogP contribution in [0.2, 0.25) is 10.0 Å². The number of carbonyl (C=O) groups is 1. The van der Waals surface area contributed by atoms with Crippen molar-refractivity contribution in [2.24, 2.45) is 0 Å². The molecule has 98 valence electrons. The van der Waals surface area contributed by atoms with Crippen LogP contribution in [0.1, 0.15) is 10.4 Å². The molecule has 0 fully saturated rings. The summed E-state index contributed by atoms with van der Waals surface area (Å²) in [6, 6.07) is 10.3. The zero-order valence-electron chi connectivity index (χ0n) is 9.58. The van der Waals surface area contributed by atoms with Gasteiger partial charge in [-0.05, 0) is 52.9 Å². The van der Waals surface area contributed by atoms with Crippen LogP contribution in [-0.2, 0) is 0 Å². The van der Waals surface area contributed by atoms with Crippen LogP contribution in [0.5, 0.6) is 0 Å². The summed E-state index contributed by atoms with van der Waals surface area (Å²) in [6.45, 7) is 0. The van der Waals surface area contributed by atoms with E-state index in [-0.39, 0.29) is 11.6 Å². The third-order valence-electron chi connectivity index (χ3n) is 2.48.